The maximum atomic E-state index is 10.9. The lowest BCUT2D eigenvalue weighted by molar-refractivity contribution is 0.161. The summed E-state index contributed by atoms with van der Waals surface area (Å²) in [6.45, 7) is 4.07. The molecule has 1 unspecified atom stereocenters. The summed E-state index contributed by atoms with van der Waals surface area (Å²) in [6, 6.07) is 3.76. The summed E-state index contributed by atoms with van der Waals surface area (Å²) in [5, 5.41) is 4.08. The molecule has 2 heterocycles. The van der Waals surface area contributed by atoms with Crippen LogP contribution in [0.4, 0.5) is 4.79 Å². The van der Waals surface area contributed by atoms with E-state index in [9.17, 15) is 4.79 Å². The summed E-state index contributed by atoms with van der Waals surface area (Å²) in [4.78, 5) is 13.2. The van der Waals surface area contributed by atoms with E-state index in [1.54, 1.807) is 0 Å². The number of ether oxygens (including phenoxy) is 1. The topological polar surface area (TPSA) is 80.0 Å². The van der Waals surface area contributed by atoms with Crippen molar-refractivity contribution in [2.45, 2.75) is 37.8 Å². The Hall–Kier alpha value is -2.34. The van der Waals surface area contributed by atoms with Crippen LogP contribution in [0.1, 0.15) is 29.5 Å². The molecule has 3 N–H and O–H groups in total. The van der Waals surface area contributed by atoms with Gasteiger partial charge in [0, 0.05) is 18.5 Å². The van der Waals surface area contributed by atoms with Crippen LogP contribution in [-0.4, -0.2) is 36.3 Å². The van der Waals surface area contributed by atoms with Gasteiger partial charge in [0.05, 0.1) is 11.1 Å². The Kier molecular flexibility index (Phi) is 3.38. The van der Waals surface area contributed by atoms with Crippen LogP contribution in [0.2, 0.25) is 0 Å². The summed E-state index contributed by atoms with van der Waals surface area (Å²) >= 11 is 0. The highest BCUT2D eigenvalue weighted by molar-refractivity contribution is 5.97. The van der Waals surface area contributed by atoms with Crippen LogP contribution in [0.5, 0.6) is 5.75 Å². The number of urea groups is 1. The molecular formula is C18H22N4O2. The van der Waals surface area contributed by atoms with Crippen molar-refractivity contribution in [2.75, 3.05) is 13.6 Å². The predicted molar refractivity (Wildman–Crippen MR) is 92.1 cm³/mol. The van der Waals surface area contributed by atoms with Crippen LogP contribution in [0.15, 0.2) is 29.4 Å². The number of benzene rings is 1. The third-order valence-electron chi connectivity index (χ3n) is 5.26. The van der Waals surface area contributed by atoms with Gasteiger partial charge in [-0.3, -0.25) is 0 Å². The largest absolute Gasteiger partial charge is 0.488 e. The van der Waals surface area contributed by atoms with Crippen LogP contribution >= 0.6 is 0 Å². The molecule has 0 radical (unpaired) electrons. The quantitative estimate of drug-likeness (QED) is 0.773. The Morgan fingerprint density at radius 2 is 2.33 bits per heavy atom. The van der Waals surface area contributed by atoms with Gasteiger partial charge in [-0.1, -0.05) is 12.1 Å². The molecule has 1 aliphatic carbocycles. The summed E-state index contributed by atoms with van der Waals surface area (Å²) in [7, 11) is 2.17. The van der Waals surface area contributed by atoms with Crippen LogP contribution in [0.25, 0.3) is 0 Å². The SMILES string of the molecule is Cc1cc2c3c(c1)OC1C/C(=N\NC(N)=O)C=C[C@@]31CCN(C)C2. The highest BCUT2D eigenvalue weighted by atomic mass is 16.5. The predicted octanol–water partition coefficient (Wildman–Crippen LogP) is 1.81. The summed E-state index contributed by atoms with van der Waals surface area (Å²) < 4.78 is 6.34. The second kappa shape index (κ2) is 5.34. The first-order valence-corrected chi connectivity index (χ1v) is 8.28. The summed E-state index contributed by atoms with van der Waals surface area (Å²) in [5.41, 5.74) is 12.0. The lowest BCUT2D eigenvalue weighted by Gasteiger charge is -2.34. The molecule has 6 nitrogen and oxygen atoms in total. The van der Waals surface area contributed by atoms with E-state index in [0.717, 1.165) is 31.0 Å². The van der Waals surface area contributed by atoms with Crippen LogP contribution in [0.3, 0.4) is 0 Å². The molecule has 126 valence electrons. The zero-order valence-electron chi connectivity index (χ0n) is 14.0. The van der Waals surface area contributed by atoms with Gasteiger partial charge >= 0.3 is 6.03 Å². The number of hydrogen-bond acceptors (Lipinski definition) is 4. The van der Waals surface area contributed by atoms with Gasteiger partial charge in [-0.15, -0.1) is 0 Å². The second-order valence-corrected chi connectivity index (χ2v) is 7.05. The van der Waals surface area contributed by atoms with Gasteiger partial charge in [0.1, 0.15) is 11.9 Å². The van der Waals surface area contributed by atoms with Gasteiger partial charge in [-0.05, 0) is 50.2 Å². The van der Waals surface area contributed by atoms with E-state index < -0.39 is 6.03 Å². The number of carbonyl (C=O) groups is 1. The summed E-state index contributed by atoms with van der Waals surface area (Å²) in [5.74, 6) is 0.999. The maximum Gasteiger partial charge on any atom is 0.332 e. The third kappa shape index (κ3) is 2.29. The zero-order chi connectivity index (χ0) is 16.9. The van der Waals surface area contributed by atoms with Crippen LogP contribution < -0.4 is 15.9 Å². The molecule has 6 heteroatoms. The normalized spacial score (nSPS) is 29.6. The van der Waals surface area contributed by atoms with E-state index in [0.29, 0.717) is 6.42 Å². The number of carbonyl (C=O) groups excluding carboxylic acids is 1. The van der Waals surface area contributed by atoms with Gasteiger partial charge in [0.25, 0.3) is 0 Å². The fourth-order valence-corrected chi connectivity index (χ4v) is 4.23. The highest BCUT2D eigenvalue weighted by Gasteiger charge is 2.51. The molecule has 1 aromatic rings. The van der Waals surface area contributed by atoms with Crippen molar-refractivity contribution in [1.29, 1.82) is 0 Å². The van der Waals surface area contributed by atoms with E-state index in [2.05, 4.69) is 47.6 Å². The van der Waals surface area contributed by atoms with E-state index >= 15 is 0 Å². The molecule has 0 fully saturated rings. The van der Waals surface area contributed by atoms with Gasteiger partial charge in [0.2, 0.25) is 0 Å². The van der Waals surface area contributed by atoms with Crippen molar-refractivity contribution in [2.24, 2.45) is 10.8 Å². The molecule has 0 saturated carbocycles. The van der Waals surface area contributed by atoms with Crippen LogP contribution in [-0.2, 0) is 12.0 Å². The van der Waals surface area contributed by atoms with Gasteiger partial charge < -0.3 is 15.4 Å². The first-order chi connectivity index (χ1) is 11.5. The number of hydrazone groups is 1. The highest BCUT2D eigenvalue weighted by Crippen LogP contribution is 2.52. The Balaban J connectivity index is 1.79. The van der Waals surface area contributed by atoms with Crippen molar-refractivity contribution >= 4 is 11.7 Å². The zero-order valence-corrected chi connectivity index (χ0v) is 14.0. The van der Waals surface area contributed by atoms with E-state index in [4.69, 9.17) is 10.5 Å². The number of amides is 2. The first-order valence-electron chi connectivity index (χ1n) is 8.28. The molecule has 0 aromatic heterocycles. The Morgan fingerprint density at radius 1 is 1.50 bits per heavy atom. The van der Waals surface area contributed by atoms with Gasteiger partial charge in [-0.25, -0.2) is 10.2 Å². The molecular weight excluding hydrogens is 304 g/mol. The standard InChI is InChI=1S/C18H22N4O2/c1-11-7-12-10-22(2)6-5-18-4-3-13(20-21-17(19)23)9-15(18)24-14(8-11)16(12)18/h3-4,7-8,15H,5-6,9-10H2,1-2H3,(H3,19,21,23)/b20-13-/t15?,18-/m0/s1. The number of nitrogens with one attached hydrogen (secondary N) is 1. The summed E-state index contributed by atoms with van der Waals surface area (Å²) in [6.07, 6.45) is 5.91. The second-order valence-electron chi connectivity index (χ2n) is 7.05. The number of nitrogens with two attached hydrogens (primary N) is 1. The fourth-order valence-electron chi connectivity index (χ4n) is 4.23. The molecule has 0 saturated heterocycles. The van der Waals surface area contributed by atoms with Gasteiger partial charge in [0.15, 0.2) is 0 Å². The molecule has 3 aliphatic rings. The molecule has 2 atom stereocenters. The smallest absolute Gasteiger partial charge is 0.332 e. The number of allylic oxidation sites excluding steroid dienone is 1. The minimum atomic E-state index is -0.652. The van der Waals surface area contributed by atoms with Gasteiger partial charge in [-0.2, -0.15) is 5.10 Å². The minimum absolute atomic E-state index is 0.0120. The Labute approximate surface area is 141 Å². The molecule has 1 aromatic carbocycles. The van der Waals surface area contributed by atoms with Crippen molar-refractivity contribution in [1.82, 2.24) is 10.3 Å². The monoisotopic (exact) mass is 326 g/mol. The molecule has 4 rings (SSSR count). The van der Waals surface area contributed by atoms with E-state index in [1.807, 2.05) is 6.08 Å². The Bertz CT molecular complexity index is 771. The maximum absolute atomic E-state index is 10.9. The third-order valence-corrected chi connectivity index (χ3v) is 5.26. The molecule has 2 amide bonds. The lowest BCUT2D eigenvalue weighted by Crippen LogP contribution is -2.42. The Morgan fingerprint density at radius 3 is 3.12 bits per heavy atom. The molecule has 1 spiro atoms. The number of primary amides is 1. The minimum Gasteiger partial charge on any atom is -0.488 e. The van der Waals surface area contributed by atoms with Crippen LogP contribution in [0, 0.1) is 6.92 Å². The number of hydrogen-bond donors (Lipinski definition) is 2. The van der Waals surface area contributed by atoms with E-state index in [-0.39, 0.29) is 11.5 Å². The average Bonchev–Trinajstić information content (AvgIpc) is 2.76. The van der Waals surface area contributed by atoms with Crippen molar-refractivity contribution in [3.63, 3.8) is 0 Å². The first kappa shape index (κ1) is 15.2. The van der Waals surface area contributed by atoms with E-state index in [1.165, 1.54) is 16.7 Å². The number of aryl methyl sites for hydroxylation is 1. The average molecular weight is 326 g/mol. The van der Waals surface area contributed by atoms with Crippen molar-refractivity contribution in [3.8, 4) is 5.75 Å². The molecule has 24 heavy (non-hydrogen) atoms. The van der Waals surface area contributed by atoms with Crippen molar-refractivity contribution in [3.05, 3.63) is 41.0 Å². The number of nitrogens with zero attached hydrogens (tertiary/aromatic N) is 2. The van der Waals surface area contributed by atoms with Crippen molar-refractivity contribution < 1.29 is 9.53 Å². The lowest BCUT2D eigenvalue weighted by atomic mass is 9.69. The molecule has 0 bridgehead atoms. The fraction of sp³-hybridized carbons (Fsp3) is 0.444. The number of rotatable bonds is 1. The molecule has 2 aliphatic heterocycles.